The van der Waals surface area contributed by atoms with Gasteiger partial charge in [0, 0.05) is 0 Å². The number of nitrogens with two attached hydrogens (primary N) is 1. The van der Waals surface area contributed by atoms with Crippen molar-refractivity contribution in [2.45, 2.75) is 25.4 Å². The molecule has 0 amide bonds. The molecule has 0 atom stereocenters. The summed E-state index contributed by atoms with van der Waals surface area (Å²) in [6.07, 6.45) is -2.70. The molecule has 0 aliphatic rings. The number of hydrogen-bond acceptors (Lipinski definition) is 1. The Balaban J connectivity index is 2.82. The summed E-state index contributed by atoms with van der Waals surface area (Å²) in [5, 5.41) is 0. The van der Waals surface area contributed by atoms with Crippen LogP contribution in [-0.4, -0.2) is 6.54 Å². The Bertz CT molecular complexity index is 346. The third-order valence-electron chi connectivity index (χ3n) is 2.20. The van der Waals surface area contributed by atoms with E-state index in [0.29, 0.717) is 31.0 Å². The van der Waals surface area contributed by atoms with Crippen molar-refractivity contribution in [2.75, 3.05) is 6.54 Å². The normalized spacial score (nSPS) is 11.8. The number of alkyl halides is 3. The molecular weight excluding hydrogens is 222 g/mol. The van der Waals surface area contributed by atoms with E-state index in [1.807, 2.05) is 0 Å². The van der Waals surface area contributed by atoms with Crippen LogP contribution in [0, 0.1) is 5.82 Å². The molecule has 0 aliphatic heterocycles. The molecular formula is C11H13F4N. The molecule has 0 unspecified atom stereocenters. The average molecular weight is 235 g/mol. The lowest BCUT2D eigenvalue weighted by atomic mass is 10.0. The quantitative estimate of drug-likeness (QED) is 0.629. The Kier molecular flexibility index (Phi) is 4.29. The standard InChI is InChI=1S/C11H13F4N/c12-10-6-8(3-1-2-4-16)5-9(7-10)11(13,14)15/h5-7H,1-4,16H2. The molecule has 1 aromatic carbocycles. The van der Waals surface area contributed by atoms with Crippen LogP contribution in [0.3, 0.4) is 0 Å². The summed E-state index contributed by atoms with van der Waals surface area (Å²) in [5.74, 6) is -0.849. The van der Waals surface area contributed by atoms with Gasteiger partial charge in [0.05, 0.1) is 5.56 Å². The van der Waals surface area contributed by atoms with Gasteiger partial charge in [0.15, 0.2) is 0 Å². The molecule has 0 spiro atoms. The molecule has 1 nitrogen and oxygen atoms in total. The fraction of sp³-hybridized carbons (Fsp3) is 0.455. The van der Waals surface area contributed by atoms with E-state index < -0.39 is 17.6 Å². The van der Waals surface area contributed by atoms with Gasteiger partial charge >= 0.3 is 6.18 Å². The predicted octanol–water partition coefficient (Wildman–Crippen LogP) is 3.13. The molecule has 16 heavy (non-hydrogen) atoms. The molecule has 0 bridgehead atoms. The van der Waals surface area contributed by atoms with Gasteiger partial charge in [0.25, 0.3) is 0 Å². The van der Waals surface area contributed by atoms with Gasteiger partial charge in [-0.05, 0) is 49.6 Å². The molecule has 0 heterocycles. The minimum Gasteiger partial charge on any atom is -0.330 e. The molecule has 2 N–H and O–H groups in total. The van der Waals surface area contributed by atoms with Crippen LogP contribution in [0.2, 0.25) is 0 Å². The predicted molar refractivity (Wildman–Crippen MR) is 53.4 cm³/mol. The molecule has 5 heteroatoms. The second-order valence-electron chi connectivity index (χ2n) is 3.59. The second kappa shape index (κ2) is 5.30. The Hall–Kier alpha value is -1.10. The minimum atomic E-state index is -4.50. The van der Waals surface area contributed by atoms with Gasteiger partial charge in [-0.2, -0.15) is 13.2 Å². The van der Waals surface area contributed by atoms with Crippen molar-refractivity contribution < 1.29 is 17.6 Å². The minimum absolute atomic E-state index is 0.362. The monoisotopic (exact) mass is 235 g/mol. The second-order valence-corrected chi connectivity index (χ2v) is 3.59. The van der Waals surface area contributed by atoms with Gasteiger partial charge in [-0.25, -0.2) is 4.39 Å². The van der Waals surface area contributed by atoms with Gasteiger partial charge in [-0.3, -0.25) is 0 Å². The zero-order valence-electron chi connectivity index (χ0n) is 8.65. The zero-order chi connectivity index (χ0) is 12.2. The van der Waals surface area contributed by atoms with Crippen molar-refractivity contribution in [3.05, 3.63) is 35.1 Å². The maximum Gasteiger partial charge on any atom is 0.416 e. The van der Waals surface area contributed by atoms with E-state index in [-0.39, 0.29) is 0 Å². The van der Waals surface area contributed by atoms with Crippen LogP contribution in [0.5, 0.6) is 0 Å². The molecule has 90 valence electrons. The fourth-order valence-electron chi connectivity index (χ4n) is 1.43. The van der Waals surface area contributed by atoms with Crippen molar-refractivity contribution in [1.82, 2.24) is 0 Å². The van der Waals surface area contributed by atoms with E-state index in [2.05, 4.69) is 0 Å². The summed E-state index contributed by atoms with van der Waals surface area (Å²) in [6, 6.07) is 2.62. The maximum absolute atomic E-state index is 12.9. The van der Waals surface area contributed by atoms with Gasteiger partial charge in [0.2, 0.25) is 0 Å². The van der Waals surface area contributed by atoms with Gasteiger partial charge < -0.3 is 5.73 Å². The highest BCUT2D eigenvalue weighted by Gasteiger charge is 2.31. The topological polar surface area (TPSA) is 26.0 Å². The first-order valence-corrected chi connectivity index (χ1v) is 5.00. The molecule has 0 saturated heterocycles. The number of aryl methyl sites for hydroxylation is 1. The fourth-order valence-corrected chi connectivity index (χ4v) is 1.43. The lowest BCUT2D eigenvalue weighted by molar-refractivity contribution is -0.137. The Labute approximate surface area is 91.3 Å². The van der Waals surface area contributed by atoms with E-state index in [1.165, 1.54) is 0 Å². The summed E-state index contributed by atoms with van der Waals surface area (Å²) >= 11 is 0. The smallest absolute Gasteiger partial charge is 0.330 e. The van der Waals surface area contributed by atoms with Crippen molar-refractivity contribution >= 4 is 0 Å². The highest BCUT2D eigenvalue weighted by Crippen LogP contribution is 2.30. The Morgan fingerprint density at radius 3 is 2.31 bits per heavy atom. The largest absolute Gasteiger partial charge is 0.416 e. The highest BCUT2D eigenvalue weighted by atomic mass is 19.4. The zero-order valence-corrected chi connectivity index (χ0v) is 8.65. The van der Waals surface area contributed by atoms with Crippen LogP contribution in [0.15, 0.2) is 18.2 Å². The summed E-state index contributed by atoms with van der Waals surface area (Å²) in [6.45, 7) is 0.488. The highest BCUT2D eigenvalue weighted by molar-refractivity contribution is 5.26. The van der Waals surface area contributed by atoms with Gasteiger partial charge in [-0.15, -0.1) is 0 Å². The van der Waals surface area contributed by atoms with Crippen LogP contribution in [-0.2, 0) is 12.6 Å². The lowest BCUT2D eigenvalue weighted by Crippen LogP contribution is -2.06. The number of unbranched alkanes of at least 4 members (excludes halogenated alkanes) is 1. The summed E-state index contributed by atoms with van der Waals surface area (Å²) in [5.41, 5.74) is 4.69. The van der Waals surface area contributed by atoms with Gasteiger partial charge in [-0.1, -0.05) is 0 Å². The van der Waals surface area contributed by atoms with Crippen molar-refractivity contribution in [2.24, 2.45) is 5.73 Å². The number of halogens is 4. The molecule has 1 aromatic rings. The Morgan fingerprint density at radius 2 is 1.75 bits per heavy atom. The maximum atomic E-state index is 12.9. The first-order valence-electron chi connectivity index (χ1n) is 5.00. The van der Waals surface area contributed by atoms with E-state index >= 15 is 0 Å². The van der Waals surface area contributed by atoms with Crippen molar-refractivity contribution in [3.63, 3.8) is 0 Å². The SMILES string of the molecule is NCCCCc1cc(F)cc(C(F)(F)F)c1. The van der Waals surface area contributed by atoms with Crippen molar-refractivity contribution in [1.29, 1.82) is 0 Å². The summed E-state index contributed by atoms with van der Waals surface area (Å²) < 4.78 is 50.0. The van der Waals surface area contributed by atoms with Crippen LogP contribution in [0.1, 0.15) is 24.0 Å². The summed E-state index contributed by atoms with van der Waals surface area (Å²) in [7, 11) is 0. The average Bonchev–Trinajstić information content (AvgIpc) is 2.16. The molecule has 0 radical (unpaired) electrons. The third kappa shape index (κ3) is 3.81. The third-order valence-corrected chi connectivity index (χ3v) is 2.20. The lowest BCUT2D eigenvalue weighted by Gasteiger charge is -2.09. The van der Waals surface area contributed by atoms with E-state index in [9.17, 15) is 17.6 Å². The summed E-state index contributed by atoms with van der Waals surface area (Å²) in [4.78, 5) is 0. The first-order chi connectivity index (χ1) is 7.43. The molecule has 0 aromatic heterocycles. The van der Waals surface area contributed by atoms with Crippen molar-refractivity contribution in [3.8, 4) is 0 Å². The molecule has 1 rings (SSSR count). The van der Waals surface area contributed by atoms with E-state index in [1.54, 1.807) is 0 Å². The first kappa shape index (κ1) is 13.0. The number of rotatable bonds is 4. The van der Waals surface area contributed by atoms with E-state index in [0.717, 1.165) is 18.6 Å². The Morgan fingerprint density at radius 1 is 1.06 bits per heavy atom. The van der Waals surface area contributed by atoms with Crippen LogP contribution in [0.25, 0.3) is 0 Å². The van der Waals surface area contributed by atoms with Gasteiger partial charge in [0.1, 0.15) is 5.82 Å². The molecule has 0 aliphatic carbocycles. The van der Waals surface area contributed by atoms with Crippen LogP contribution < -0.4 is 5.73 Å². The van der Waals surface area contributed by atoms with Crippen LogP contribution >= 0.6 is 0 Å². The molecule has 0 saturated carbocycles. The number of hydrogen-bond donors (Lipinski definition) is 1. The molecule has 0 fully saturated rings. The van der Waals surface area contributed by atoms with E-state index in [4.69, 9.17) is 5.73 Å². The number of benzene rings is 1. The van der Waals surface area contributed by atoms with Crippen LogP contribution in [0.4, 0.5) is 17.6 Å².